The molecule has 0 fully saturated rings. The first-order valence-corrected chi connectivity index (χ1v) is 7.59. The number of aromatic nitrogens is 1. The number of benzene rings is 1. The summed E-state index contributed by atoms with van der Waals surface area (Å²) in [6, 6.07) is 7.96. The Hall–Kier alpha value is -1.95. The number of rotatable bonds is 5. The van der Waals surface area contributed by atoms with Crippen LogP contribution in [0.2, 0.25) is 0 Å². The maximum atomic E-state index is 13.8. The second-order valence-corrected chi connectivity index (χ2v) is 5.60. The van der Waals surface area contributed by atoms with Crippen LogP contribution in [-0.2, 0) is 6.54 Å². The van der Waals surface area contributed by atoms with Crippen molar-refractivity contribution in [2.24, 2.45) is 0 Å². The van der Waals surface area contributed by atoms with Crippen LogP contribution in [0.3, 0.4) is 0 Å². The van der Waals surface area contributed by atoms with Gasteiger partial charge in [0.25, 0.3) is 5.91 Å². The van der Waals surface area contributed by atoms with Crippen molar-refractivity contribution in [3.05, 3.63) is 57.9 Å². The van der Waals surface area contributed by atoms with E-state index in [1.54, 1.807) is 37.5 Å². The Morgan fingerprint density at radius 2 is 2.18 bits per heavy atom. The number of ether oxygens (including phenoxy) is 1. The second-order valence-electron chi connectivity index (χ2n) is 4.69. The Morgan fingerprint density at radius 1 is 1.41 bits per heavy atom. The minimum absolute atomic E-state index is 0.157. The van der Waals surface area contributed by atoms with E-state index in [1.165, 1.54) is 11.0 Å². The van der Waals surface area contributed by atoms with E-state index in [9.17, 15) is 9.18 Å². The van der Waals surface area contributed by atoms with E-state index >= 15 is 0 Å². The van der Waals surface area contributed by atoms with Gasteiger partial charge in [-0.3, -0.25) is 4.79 Å². The van der Waals surface area contributed by atoms with Gasteiger partial charge in [-0.1, -0.05) is 15.9 Å². The number of nitrogens with zero attached hydrogens (tertiary/aromatic N) is 2. The average molecular weight is 367 g/mol. The van der Waals surface area contributed by atoms with Crippen molar-refractivity contribution < 1.29 is 13.9 Å². The maximum absolute atomic E-state index is 13.8. The molecule has 1 aromatic carbocycles. The van der Waals surface area contributed by atoms with Crippen molar-refractivity contribution in [2.45, 2.75) is 13.5 Å². The molecule has 0 unspecified atom stereocenters. The van der Waals surface area contributed by atoms with Gasteiger partial charge < -0.3 is 9.64 Å². The third kappa shape index (κ3) is 3.82. The zero-order chi connectivity index (χ0) is 16.1. The fourth-order valence-electron chi connectivity index (χ4n) is 2.00. The molecule has 0 aliphatic carbocycles. The Kier molecular flexibility index (Phi) is 5.49. The first-order chi connectivity index (χ1) is 10.5. The molecule has 0 bridgehead atoms. The Balaban J connectivity index is 2.21. The Bertz CT molecular complexity index is 679. The molecule has 1 aromatic heterocycles. The van der Waals surface area contributed by atoms with Gasteiger partial charge >= 0.3 is 0 Å². The molecule has 4 nitrogen and oxygen atoms in total. The summed E-state index contributed by atoms with van der Waals surface area (Å²) < 4.78 is 19.9. The third-order valence-corrected chi connectivity index (χ3v) is 3.54. The predicted octanol–water partition coefficient (Wildman–Crippen LogP) is 3.65. The highest BCUT2D eigenvalue weighted by Crippen LogP contribution is 2.20. The van der Waals surface area contributed by atoms with Gasteiger partial charge in [-0.2, -0.15) is 0 Å². The van der Waals surface area contributed by atoms with Crippen LogP contribution in [-0.4, -0.2) is 29.4 Å². The predicted molar refractivity (Wildman–Crippen MR) is 85.3 cm³/mol. The number of amides is 1. The van der Waals surface area contributed by atoms with E-state index in [4.69, 9.17) is 4.74 Å². The van der Waals surface area contributed by atoms with Gasteiger partial charge in [0.2, 0.25) is 5.88 Å². The minimum Gasteiger partial charge on any atom is -0.477 e. The van der Waals surface area contributed by atoms with Gasteiger partial charge in [-0.05, 0) is 37.3 Å². The van der Waals surface area contributed by atoms with Gasteiger partial charge in [0.1, 0.15) is 11.4 Å². The third-order valence-electron chi connectivity index (χ3n) is 3.04. The molecule has 0 N–H and O–H groups in total. The fourth-order valence-corrected chi connectivity index (χ4v) is 2.41. The van der Waals surface area contributed by atoms with Gasteiger partial charge in [0, 0.05) is 29.8 Å². The summed E-state index contributed by atoms with van der Waals surface area (Å²) in [5.74, 6) is -0.327. The normalized spacial score (nSPS) is 10.4. The van der Waals surface area contributed by atoms with Crippen LogP contribution in [0, 0.1) is 5.82 Å². The molecule has 0 atom stereocenters. The van der Waals surface area contributed by atoms with Crippen LogP contribution >= 0.6 is 15.9 Å². The molecule has 116 valence electrons. The van der Waals surface area contributed by atoms with Crippen LogP contribution in [0.15, 0.2) is 41.0 Å². The number of hydrogen-bond donors (Lipinski definition) is 0. The van der Waals surface area contributed by atoms with Crippen LogP contribution in [0.4, 0.5) is 4.39 Å². The molecule has 0 aliphatic rings. The lowest BCUT2D eigenvalue weighted by molar-refractivity contribution is 0.0778. The van der Waals surface area contributed by atoms with Gasteiger partial charge in [0.05, 0.1) is 6.61 Å². The number of pyridine rings is 1. The summed E-state index contributed by atoms with van der Waals surface area (Å²) in [7, 11) is 1.62. The van der Waals surface area contributed by atoms with Crippen molar-refractivity contribution >= 4 is 21.8 Å². The lowest BCUT2D eigenvalue weighted by atomic mass is 10.2. The molecule has 2 aromatic rings. The zero-order valence-corrected chi connectivity index (χ0v) is 13.9. The molecule has 2 rings (SSSR count). The average Bonchev–Trinajstić information content (AvgIpc) is 2.51. The zero-order valence-electron chi connectivity index (χ0n) is 12.3. The first kappa shape index (κ1) is 16.4. The van der Waals surface area contributed by atoms with Crippen molar-refractivity contribution in [2.75, 3.05) is 13.7 Å². The molecule has 0 radical (unpaired) electrons. The summed E-state index contributed by atoms with van der Waals surface area (Å²) in [6.07, 6.45) is 1.57. The Morgan fingerprint density at radius 3 is 2.91 bits per heavy atom. The monoisotopic (exact) mass is 366 g/mol. The summed E-state index contributed by atoms with van der Waals surface area (Å²) in [6.45, 7) is 2.40. The number of hydrogen-bond acceptors (Lipinski definition) is 3. The van der Waals surface area contributed by atoms with E-state index in [0.717, 1.165) is 4.47 Å². The molecule has 1 amide bonds. The molecule has 0 spiro atoms. The van der Waals surface area contributed by atoms with Gasteiger partial charge in [-0.15, -0.1) is 0 Å². The quantitative estimate of drug-likeness (QED) is 0.810. The summed E-state index contributed by atoms with van der Waals surface area (Å²) >= 11 is 3.30. The highest BCUT2D eigenvalue weighted by atomic mass is 79.9. The van der Waals surface area contributed by atoms with Crippen molar-refractivity contribution in [1.82, 2.24) is 9.88 Å². The van der Waals surface area contributed by atoms with E-state index in [2.05, 4.69) is 20.9 Å². The molecule has 6 heteroatoms. The molecule has 0 saturated carbocycles. The van der Waals surface area contributed by atoms with Gasteiger partial charge in [-0.25, -0.2) is 9.37 Å². The van der Waals surface area contributed by atoms with Gasteiger partial charge in [0.15, 0.2) is 0 Å². The minimum atomic E-state index is -0.348. The van der Waals surface area contributed by atoms with Crippen LogP contribution in [0.25, 0.3) is 0 Å². The second kappa shape index (κ2) is 7.35. The molecular weight excluding hydrogens is 351 g/mol. The maximum Gasteiger partial charge on any atom is 0.259 e. The summed E-state index contributed by atoms with van der Waals surface area (Å²) in [5.41, 5.74) is 0.800. The lowest BCUT2D eigenvalue weighted by Crippen LogP contribution is -2.27. The van der Waals surface area contributed by atoms with Crippen molar-refractivity contribution in [3.8, 4) is 5.88 Å². The molecular formula is C16H16BrFN2O2. The standard InChI is InChI=1S/C16H16BrFN2O2/c1-3-22-15-13(5-4-8-19-15)16(21)20(2)10-11-9-12(17)6-7-14(11)18/h4-9H,3,10H2,1-2H3. The fraction of sp³-hybridized carbons (Fsp3) is 0.250. The molecule has 0 aliphatic heterocycles. The molecule has 22 heavy (non-hydrogen) atoms. The van der Waals surface area contributed by atoms with Crippen LogP contribution < -0.4 is 4.74 Å². The topological polar surface area (TPSA) is 42.4 Å². The SMILES string of the molecule is CCOc1ncccc1C(=O)N(C)Cc1cc(Br)ccc1F. The lowest BCUT2D eigenvalue weighted by Gasteiger charge is -2.19. The largest absolute Gasteiger partial charge is 0.477 e. The van der Waals surface area contributed by atoms with Crippen LogP contribution in [0.5, 0.6) is 5.88 Å². The van der Waals surface area contributed by atoms with Crippen molar-refractivity contribution in [1.29, 1.82) is 0 Å². The summed E-state index contributed by atoms with van der Waals surface area (Å²) in [4.78, 5) is 18.0. The molecule has 1 heterocycles. The highest BCUT2D eigenvalue weighted by molar-refractivity contribution is 9.10. The summed E-state index contributed by atoms with van der Waals surface area (Å²) in [5, 5.41) is 0. The van der Waals surface area contributed by atoms with E-state index < -0.39 is 0 Å². The Labute approximate surface area is 137 Å². The number of carbonyl (C=O) groups excluding carboxylic acids is 1. The molecule has 0 saturated heterocycles. The first-order valence-electron chi connectivity index (χ1n) is 6.80. The number of halogens is 2. The van der Waals surface area contributed by atoms with E-state index in [1.807, 2.05) is 6.92 Å². The van der Waals surface area contributed by atoms with Crippen molar-refractivity contribution in [3.63, 3.8) is 0 Å². The number of carbonyl (C=O) groups is 1. The highest BCUT2D eigenvalue weighted by Gasteiger charge is 2.18. The van der Waals surface area contributed by atoms with E-state index in [-0.39, 0.29) is 24.1 Å². The van der Waals surface area contributed by atoms with Crippen LogP contribution in [0.1, 0.15) is 22.8 Å². The van der Waals surface area contributed by atoms with E-state index in [0.29, 0.717) is 17.7 Å². The smallest absolute Gasteiger partial charge is 0.259 e.